The number of nitrogens with one attached hydrogen (secondary N) is 1. The number of urea groups is 1. The minimum absolute atomic E-state index is 0.121. The number of rotatable bonds is 6. The third kappa shape index (κ3) is 4.60. The topological polar surface area (TPSA) is 52.6 Å². The molecule has 122 valence electrons. The second kappa shape index (κ2) is 8.02. The third-order valence-corrected chi connectivity index (χ3v) is 5.15. The van der Waals surface area contributed by atoms with E-state index in [1.54, 1.807) is 0 Å². The van der Waals surface area contributed by atoms with Gasteiger partial charge in [-0.05, 0) is 49.9 Å². The Labute approximate surface area is 129 Å². The lowest BCUT2D eigenvalue weighted by Crippen LogP contribution is -2.46. The van der Waals surface area contributed by atoms with Crippen LogP contribution in [0.1, 0.15) is 58.8 Å². The molecule has 1 heterocycles. The fraction of sp³-hybridized carbons (Fsp3) is 0.941. The summed E-state index contributed by atoms with van der Waals surface area (Å²) in [5.74, 6) is 1.74. The van der Waals surface area contributed by atoms with Crippen molar-refractivity contribution in [3.05, 3.63) is 0 Å². The Kier molecular flexibility index (Phi) is 6.34. The fourth-order valence-corrected chi connectivity index (χ4v) is 4.14. The van der Waals surface area contributed by atoms with E-state index in [4.69, 9.17) is 5.11 Å². The number of aliphatic hydroxyl groups excluding tert-OH is 1. The fourth-order valence-electron chi connectivity index (χ4n) is 4.14. The van der Waals surface area contributed by atoms with Crippen molar-refractivity contribution >= 4 is 6.03 Å². The SMILES string of the molecule is CC(C)C[C@H](CCO)CNC(=O)N1CC[C@H]2CCCC[C@@H]21. The van der Waals surface area contributed by atoms with Crippen LogP contribution in [0.5, 0.6) is 0 Å². The highest BCUT2D eigenvalue weighted by atomic mass is 16.3. The molecule has 2 rings (SSSR count). The number of fused-ring (bicyclic) bond motifs is 1. The van der Waals surface area contributed by atoms with Crippen LogP contribution in [0.3, 0.4) is 0 Å². The molecule has 2 amide bonds. The minimum Gasteiger partial charge on any atom is -0.396 e. The van der Waals surface area contributed by atoms with Gasteiger partial charge in [0.15, 0.2) is 0 Å². The van der Waals surface area contributed by atoms with Crippen molar-refractivity contribution in [1.29, 1.82) is 0 Å². The molecule has 0 aromatic heterocycles. The van der Waals surface area contributed by atoms with Crippen LogP contribution < -0.4 is 5.32 Å². The van der Waals surface area contributed by atoms with Crippen molar-refractivity contribution in [2.45, 2.75) is 64.8 Å². The molecule has 1 aliphatic heterocycles. The maximum atomic E-state index is 12.4. The number of nitrogens with zero attached hydrogens (tertiary/aromatic N) is 1. The van der Waals surface area contributed by atoms with Gasteiger partial charge < -0.3 is 15.3 Å². The van der Waals surface area contributed by atoms with Crippen molar-refractivity contribution in [3.8, 4) is 0 Å². The van der Waals surface area contributed by atoms with Gasteiger partial charge >= 0.3 is 6.03 Å². The lowest BCUT2D eigenvalue weighted by Gasteiger charge is -2.32. The van der Waals surface area contributed by atoms with Gasteiger partial charge in [-0.2, -0.15) is 0 Å². The van der Waals surface area contributed by atoms with Gasteiger partial charge in [-0.25, -0.2) is 4.79 Å². The van der Waals surface area contributed by atoms with Crippen LogP contribution in [0.15, 0.2) is 0 Å². The van der Waals surface area contributed by atoms with Gasteiger partial charge in [-0.1, -0.05) is 26.7 Å². The smallest absolute Gasteiger partial charge is 0.317 e. The van der Waals surface area contributed by atoms with Gasteiger partial charge in [0.05, 0.1) is 0 Å². The molecule has 1 saturated heterocycles. The number of hydrogen-bond donors (Lipinski definition) is 2. The summed E-state index contributed by atoms with van der Waals surface area (Å²) < 4.78 is 0. The largest absolute Gasteiger partial charge is 0.396 e. The molecule has 21 heavy (non-hydrogen) atoms. The summed E-state index contributed by atoms with van der Waals surface area (Å²) in [7, 11) is 0. The Balaban J connectivity index is 1.80. The van der Waals surface area contributed by atoms with Crippen molar-refractivity contribution < 1.29 is 9.90 Å². The van der Waals surface area contributed by atoms with E-state index in [0.717, 1.165) is 25.3 Å². The summed E-state index contributed by atoms with van der Waals surface area (Å²) in [5, 5.41) is 12.3. The zero-order valence-electron chi connectivity index (χ0n) is 13.7. The Morgan fingerprint density at radius 2 is 2.05 bits per heavy atom. The first-order chi connectivity index (χ1) is 10.1. The zero-order chi connectivity index (χ0) is 15.2. The average Bonchev–Trinajstić information content (AvgIpc) is 2.88. The molecule has 0 aromatic rings. The standard InChI is InChI=1S/C17H32N2O2/c1-13(2)11-14(8-10-20)12-18-17(21)19-9-7-15-5-3-4-6-16(15)19/h13-16,20H,3-12H2,1-2H3,(H,18,21)/t14-,15+,16-/m0/s1. The summed E-state index contributed by atoms with van der Waals surface area (Å²) in [6.45, 7) is 6.22. The van der Waals surface area contributed by atoms with Gasteiger partial charge in [0.2, 0.25) is 0 Å². The minimum atomic E-state index is 0.121. The molecule has 0 bridgehead atoms. The van der Waals surface area contributed by atoms with Gasteiger partial charge in [0.1, 0.15) is 0 Å². The Hall–Kier alpha value is -0.770. The normalized spacial score (nSPS) is 26.8. The first-order valence-corrected chi connectivity index (χ1v) is 8.77. The molecule has 1 saturated carbocycles. The van der Waals surface area contributed by atoms with E-state index in [1.165, 1.54) is 32.1 Å². The Morgan fingerprint density at radius 1 is 1.29 bits per heavy atom. The van der Waals surface area contributed by atoms with E-state index in [1.807, 2.05) is 0 Å². The van der Waals surface area contributed by atoms with Crippen LogP contribution in [0.2, 0.25) is 0 Å². The Morgan fingerprint density at radius 3 is 2.76 bits per heavy atom. The van der Waals surface area contributed by atoms with Crippen molar-refractivity contribution in [3.63, 3.8) is 0 Å². The van der Waals surface area contributed by atoms with E-state index in [9.17, 15) is 4.79 Å². The molecule has 0 aromatic carbocycles. The molecule has 2 fully saturated rings. The maximum absolute atomic E-state index is 12.4. The van der Waals surface area contributed by atoms with E-state index in [-0.39, 0.29) is 12.6 Å². The molecule has 2 aliphatic rings. The molecule has 0 spiro atoms. The molecule has 4 nitrogen and oxygen atoms in total. The van der Waals surface area contributed by atoms with Crippen LogP contribution >= 0.6 is 0 Å². The molecular weight excluding hydrogens is 264 g/mol. The molecule has 0 radical (unpaired) electrons. The third-order valence-electron chi connectivity index (χ3n) is 5.15. The van der Waals surface area contributed by atoms with Crippen LogP contribution in [0.25, 0.3) is 0 Å². The van der Waals surface area contributed by atoms with Gasteiger partial charge in [-0.3, -0.25) is 0 Å². The van der Waals surface area contributed by atoms with Gasteiger partial charge in [0, 0.05) is 25.7 Å². The molecule has 1 aliphatic carbocycles. The summed E-state index contributed by atoms with van der Waals surface area (Å²) in [5.41, 5.74) is 0. The molecule has 4 heteroatoms. The van der Waals surface area contributed by atoms with Crippen molar-refractivity contribution in [2.24, 2.45) is 17.8 Å². The van der Waals surface area contributed by atoms with Crippen LogP contribution in [-0.4, -0.2) is 41.8 Å². The van der Waals surface area contributed by atoms with E-state index >= 15 is 0 Å². The van der Waals surface area contributed by atoms with E-state index in [2.05, 4.69) is 24.1 Å². The highest BCUT2D eigenvalue weighted by molar-refractivity contribution is 5.75. The lowest BCUT2D eigenvalue weighted by molar-refractivity contribution is 0.166. The Bertz CT molecular complexity index is 333. The molecule has 0 unspecified atom stereocenters. The summed E-state index contributed by atoms with van der Waals surface area (Å²) >= 11 is 0. The molecular formula is C17H32N2O2. The lowest BCUT2D eigenvalue weighted by atomic mass is 9.85. The second-order valence-corrected chi connectivity index (χ2v) is 7.29. The molecule has 2 N–H and O–H groups in total. The number of carbonyl (C=O) groups excluding carboxylic acids is 1. The maximum Gasteiger partial charge on any atom is 0.317 e. The van der Waals surface area contributed by atoms with Crippen LogP contribution in [0.4, 0.5) is 4.79 Å². The number of carbonyl (C=O) groups is 1. The first-order valence-electron chi connectivity index (χ1n) is 8.77. The predicted octanol–water partition coefficient (Wildman–Crippen LogP) is 3.01. The highest BCUT2D eigenvalue weighted by Crippen LogP contribution is 2.36. The monoisotopic (exact) mass is 296 g/mol. The number of hydrogen-bond acceptors (Lipinski definition) is 2. The summed E-state index contributed by atoms with van der Waals surface area (Å²) in [4.78, 5) is 14.5. The van der Waals surface area contributed by atoms with Gasteiger partial charge in [0.25, 0.3) is 0 Å². The van der Waals surface area contributed by atoms with Gasteiger partial charge in [-0.15, -0.1) is 0 Å². The number of aliphatic hydroxyl groups is 1. The van der Waals surface area contributed by atoms with Crippen LogP contribution in [0, 0.1) is 17.8 Å². The van der Waals surface area contributed by atoms with Crippen molar-refractivity contribution in [2.75, 3.05) is 19.7 Å². The second-order valence-electron chi connectivity index (χ2n) is 7.29. The van der Waals surface area contributed by atoms with E-state index in [0.29, 0.717) is 24.4 Å². The summed E-state index contributed by atoms with van der Waals surface area (Å²) in [6.07, 6.45) is 8.12. The molecule has 3 atom stereocenters. The quantitative estimate of drug-likeness (QED) is 0.791. The number of amides is 2. The average molecular weight is 296 g/mol. The van der Waals surface area contributed by atoms with E-state index < -0.39 is 0 Å². The summed E-state index contributed by atoms with van der Waals surface area (Å²) in [6, 6.07) is 0.608. The highest BCUT2D eigenvalue weighted by Gasteiger charge is 2.38. The number of likely N-dealkylation sites (tertiary alicyclic amines) is 1. The predicted molar refractivity (Wildman–Crippen MR) is 85.1 cm³/mol. The first kappa shape index (κ1) is 16.6. The van der Waals surface area contributed by atoms with Crippen LogP contribution in [-0.2, 0) is 0 Å². The zero-order valence-corrected chi connectivity index (χ0v) is 13.7. The van der Waals surface area contributed by atoms with Crippen molar-refractivity contribution in [1.82, 2.24) is 10.2 Å².